The number of methoxy groups -OCH3 is 1. The van der Waals surface area contributed by atoms with E-state index in [-0.39, 0.29) is 41.7 Å². The summed E-state index contributed by atoms with van der Waals surface area (Å²) < 4.78 is 45.3. The van der Waals surface area contributed by atoms with Gasteiger partial charge < -0.3 is 20.5 Å². The largest absolute Gasteiger partial charge is 0.573 e. The van der Waals surface area contributed by atoms with Crippen LogP contribution >= 0.6 is 24.0 Å². The Labute approximate surface area is 168 Å². The summed E-state index contributed by atoms with van der Waals surface area (Å²) in [6.07, 6.45) is -0.178. The molecule has 0 heterocycles. The fraction of sp³-hybridized carbons (Fsp3) is 0.588. The van der Waals surface area contributed by atoms with Crippen molar-refractivity contribution in [2.24, 2.45) is 16.1 Å². The Morgan fingerprint density at radius 3 is 2.42 bits per heavy atom. The summed E-state index contributed by atoms with van der Waals surface area (Å²) in [5.74, 6) is 0.0794. The number of rotatable bonds is 8. The molecule has 9 heteroatoms. The Balaban J connectivity index is 0.00000338. The van der Waals surface area contributed by atoms with Gasteiger partial charge in [0.25, 0.3) is 0 Å². The van der Waals surface area contributed by atoms with Crippen LogP contribution in [0, 0.1) is 5.41 Å². The van der Waals surface area contributed by atoms with Crippen molar-refractivity contribution in [3.63, 3.8) is 0 Å². The molecule has 1 aromatic rings. The Kier molecular flexibility index (Phi) is 8.94. The van der Waals surface area contributed by atoms with Crippen LogP contribution in [0.5, 0.6) is 5.75 Å². The number of benzene rings is 1. The first-order valence-electron chi connectivity index (χ1n) is 8.19. The highest BCUT2D eigenvalue weighted by Crippen LogP contribution is 2.43. The Bertz CT molecular complexity index is 576. The normalized spacial score (nSPS) is 16.4. The van der Waals surface area contributed by atoms with Gasteiger partial charge in [0.2, 0.25) is 0 Å². The molecule has 0 atom stereocenters. The van der Waals surface area contributed by atoms with Crippen molar-refractivity contribution in [1.82, 2.24) is 5.32 Å². The summed E-state index contributed by atoms with van der Waals surface area (Å²) in [7, 11) is 1.70. The van der Waals surface area contributed by atoms with Gasteiger partial charge in [-0.3, -0.25) is 0 Å². The zero-order valence-electron chi connectivity index (χ0n) is 14.6. The van der Waals surface area contributed by atoms with E-state index in [0.29, 0.717) is 5.96 Å². The first-order chi connectivity index (χ1) is 11.8. The van der Waals surface area contributed by atoms with E-state index in [0.717, 1.165) is 38.0 Å². The minimum atomic E-state index is -4.69. The van der Waals surface area contributed by atoms with Gasteiger partial charge >= 0.3 is 6.36 Å². The number of guanidine groups is 1. The van der Waals surface area contributed by atoms with Crippen molar-refractivity contribution in [3.8, 4) is 5.75 Å². The molecule has 0 aromatic heterocycles. The van der Waals surface area contributed by atoms with E-state index < -0.39 is 6.36 Å². The quantitative estimate of drug-likeness (QED) is 0.333. The molecule has 148 valence electrons. The van der Waals surface area contributed by atoms with Crippen LogP contribution in [-0.4, -0.2) is 32.6 Å². The molecule has 0 aliphatic heterocycles. The highest BCUT2D eigenvalue weighted by atomic mass is 127. The van der Waals surface area contributed by atoms with Crippen molar-refractivity contribution in [1.29, 1.82) is 0 Å². The number of hydrogen-bond acceptors (Lipinski definition) is 3. The smallest absolute Gasteiger partial charge is 0.406 e. The van der Waals surface area contributed by atoms with E-state index in [1.165, 1.54) is 30.7 Å². The minimum Gasteiger partial charge on any atom is -0.406 e. The maximum Gasteiger partial charge on any atom is 0.573 e. The van der Waals surface area contributed by atoms with Crippen LogP contribution in [-0.2, 0) is 11.3 Å². The van der Waals surface area contributed by atoms with Gasteiger partial charge in [-0.25, -0.2) is 4.99 Å². The molecular formula is C17H25F3IN3O2. The molecular weight excluding hydrogens is 462 g/mol. The van der Waals surface area contributed by atoms with Gasteiger partial charge in [-0.15, -0.1) is 37.1 Å². The van der Waals surface area contributed by atoms with E-state index in [1.54, 1.807) is 7.11 Å². The Morgan fingerprint density at radius 2 is 1.92 bits per heavy atom. The lowest BCUT2D eigenvalue weighted by molar-refractivity contribution is -0.274. The molecule has 1 aliphatic rings. The molecule has 0 radical (unpaired) electrons. The van der Waals surface area contributed by atoms with Crippen LogP contribution in [0.15, 0.2) is 29.3 Å². The van der Waals surface area contributed by atoms with Crippen LogP contribution < -0.4 is 15.8 Å². The molecule has 1 aromatic carbocycles. The van der Waals surface area contributed by atoms with Crippen molar-refractivity contribution in [2.75, 3.05) is 20.3 Å². The van der Waals surface area contributed by atoms with E-state index >= 15 is 0 Å². The van der Waals surface area contributed by atoms with Crippen LogP contribution in [0.4, 0.5) is 13.2 Å². The van der Waals surface area contributed by atoms with Gasteiger partial charge in [0.15, 0.2) is 5.96 Å². The van der Waals surface area contributed by atoms with Crippen LogP contribution in [0.3, 0.4) is 0 Å². The maximum atomic E-state index is 12.1. The molecule has 1 fully saturated rings. The molecule has 5 nitrogen and oxygen atoms in total. The zero-order valence-corrected chi connectivity index (χ0v) is 17.0. The first kappa shape index (κ1) is 22.8. The Morgan fingerprint density at radius 1 is 1.27 bits per heavy atom. The molecule has 2 rings (SSSR count). The lowest BCUT2D eigenvalue weighted by Gasteiger charge is -2.42. The number of halogens is 4. The molecule has 1 aliphatic carbocycles. The molecule has 0 bridgehead atoms. The Hall–Kier alpha value is -1.23. The second-order valence-corrected chi connectivity index (χ2v) is 6.34. The average molecular weight is 487 g/mol. The summed E-state index contributed by atoms with van der Waals surface area (Å²) in [5, 5.41) is 3.15. The third kappa shape index (κ3) is 7.56. The van der Waals surface area contributed by atoms with Crippen molar-refractivity contribution >= 4 is 29.9 Å². The van der Waals surface area contributed by atoms with Gasteiger partial charge in [0, 0.05) is 20.3 Å². The average Bonchev–Trinajstić information content (AvgIpc) is 2.51. The molecule has 1 saturated carbocycles. The van der Waals surface area contributed by atoms with Crippen LogP contribution in [0.2, 0.25) is 0 Å². The lowest BCUT2D eigenvalue weighted by Crippen LogP contribution is -2.45. The first-order valence-corrected chi connectivity index (χ1v) is 8.19. The van der Waals surface area contributed by atoms with Gasteiger partial charge in [0.05, 0.1) is 6.54 Å². The summed E-state index contributed by atoms with van der Waals surface area (Å²) in [6, 6.07) is 5.58. The number of nitrogens with one attached hydrogen (secondary N) is 1. The minimum absolute atomic E-state index is 0. The highest BCUT2D eigenvalue weighted by Gasteiger charge is 2.36. The molecule has 0 saturated heterocycles. The standard InChI is InChI=1S/C17H24F3N3O2.HI/c1-24-10-9-16(7-2-8-16)12-23-15(21)22-11-13-3-5-14(6-4-13)25-17(18,19)20;/h3-6H,2,7-12H2,1H3,(H3,21,22,23);1H. The molecule has 3 N–H and O–H groups in total. The number of nitrogens with zero attached hydrogens (tertiary/aromatic N) is 1. The van der Waals surface area contributed by atoms with Crippen molar-refractivity contribution in [2.45, 2.75) is 38.6 Å². The third-order valence-corrected chi connectivity index (χ3v) is 4.48. The second-order valence-electron chi connectivity index (χ2n) is 6.34. The highest BCUT2D eigenvalue weighted by molar-refractivity contribution is 14.0. The molecule has 26 heavy (non-hydrogen) atoms. The molecule has 0 amide bonds. The summed E-state index contributed by atoms with van der Waals surface area (Å²) in [6.45, 7) is 1.77. The number of nitrogens with two attached hydrogens (primary N) is 1. The predicted octanol–water partition coefficient (Wildman–Crippen LogP) is 3.81. The van der Waals surface area contributed by atoms with E-state index in [4.69, 9.17) is 10.5 Å². The van der Waals surface area contributed by atoms with E-state index in [1.807, 2.05) is 0 Å². The number of alkyl halides is 3. The van der Waals surface area contributed by atoms with Gasteiger partial charge in [0.1, 0.15) is 5.75 Å². The van der Waals surface area contributed by atoms with E-state index in [9.17, 15) is 13.2 Å². The van der Waals surface area contributed by atoms with Crippen molar-refractivity contribution in [3.05, 3.63) is 29.8 Å². The van der Waals surface area contributed by atoms with Gasteiger partial charge in [-0.1, -0.05) is 18.6 Å². The predicted molar refractivity (Wildman–Crippen MR) is 105 cm³/mol. The van der Waals surface area contributed by atoms with Crippen LogP contribution in [0.25, 0.3) is 0 Å². The zero-order chi connectivity index (χ0) is 18.3. The number of aliphatic imine (C=N–C) groups is 1. The molecule has 0 spiro atoms. The van der Waals surface area contributed by atoms with Gasteiger partial charge in [-0.05, 0) is 42.4 Å². The number of hydrogen-bond donors (Lipinski definition) is 2. The summed E-state index contributed by atoms with van der Waals surface area (Å²) in [5.41, 5.74) is 6.86. The monoisotopic (exact) mass is 487 g/mol. The van der Waals surface area contributed by atoms with Crippen LogP contribution in [0.1, 0.15) is 31.2 Å². The van der Waals surface area contributed by atoms with Crippen molar-refractivity contribution < 1.29 is 22.6 Å². The SMILES string of the molecule is COCCC1(CNC(N)=NCc2ccc(OC(F)(F)F)cc2)CCC1.I. The molecule has 0 unspecified atom stereocenters. The maximum absolute atomic E-state index is 12.1. The third-order valence-electron chi connectivity index (χ3n) is 4.48. The summed E-state index contributed by atoms with van der Waals surface area (Å²) >= 11 is 0. The lowest BCUT2D eigenvalue weighted by atomic mass is 9.67. The van der Waals surface area contributed by atoms with Gasteiger partial charge in [-0.2, -0.15) is 0 Å². The fourth-order valence-electron chi connectivity index (χ4n) is 2.82. The second kappa shape index (κ2) is 10.2. The fourth-order valence-corrected chi connectivity index (χ4v) is 2.82. The summed E-state index contributed by atoms with van der Waals surface area (Å²) in [4.78, 5) is 4.23. The topological polar surface area (TPSA) is 68.9 Å². The van der Waals surface area contributed by atoms with E-state index in [2.05, 4.69) is 15.0 Å². The number of ether oxygens (including phenoxy) is 2.